The Bertz CT molecular complexity index is 605. The molecule has 116 valence electrons. The van der Waals surface area contributed by atoms with Crippen molar-refractivity contribution >= 4 is 33.3 Å². The number of thiophene rings is 1. The van der Waals surface area contributed by atoms with Crippen molar-refractivity contribution in [3.63, 3.8) is 0 Å². The second kappa shape index (κ2) is 6.58. The molecule has 0 aromatic carbocycles. The van der Waals surface area contributed by atoms with Crippen LogP contribution in [0.2, 0.25) is 0 Å². The fraction of sp³-hybridized carbons (Fsp3) is 0.600. The zero-order valence-electron chi connectivity index (χ0n) is 13.6. The third kappa shape index (κ3) is 4.04. The minimum absolute atomic E-state index is 0.359. The smallest absolute Gasteiger partial charge is 0.223 e. The van der Waals surface area contributed by atoms with Crippen LogP contribution in [0.4, 0.5) is 11.8 Å². The highest BCUT2D eigenvalue weighted by atomic mass is 32.1. The molecule has 6 heteroatoms. The Balaban J connectivity index is 2.42. The first-order valence-corrected chi connectivity index (χ1v) is 8.11. The van der Waals surface area contributed by atoms with Crippen LogP contribution in [0.3, 0.4) is 0 Å². The number of aromatic nitrogens is 2. The molecule has 2 N–H and O–H groups in total. The first-order valence-electron chi connectivity index (χ1n) is 7.30. The third-order valence-electron chi connectivity index (χ3n) is 3.22. The van der Waals surface area contributed by atoms with Crippen molar-refractivity contribution in [1.29, 1.82) is 0 Å². The van der Waals surface area contributed by atoms with Gasteiger partial charge in [0.1, 0.15) is 10.6 Å². The zero-order valence-corrected chi connectivity index (χ0v) is 14.4. The molecule has 0 spiro atoms. The molecule has 0 fully saturated rings. The average molecular weight is 307 g/mol. The van der Waals surface area contributed by atoms with Gasteiger partial charge in [0.2, 0.25) is 5.95 Å². The van der Waals surface area contributed by atoms with Gasteiger partial charge in [-0.1, -0.05) is 13.8 Å². The molecule has 2 aromatic heterocycles. The van der Waals surface area contributed by atoms with Crippen LogP contribution >= 0.6 is 11.3 Å². The molecule has 0 aliphatic heterocycles. The van der Waals surface area contributed by atoms with E-state index < -0.39 is 0 Å². The van der Waals surface area contributed by atoms with Gasteiger partial charge in [0.15, 0.2) is 0 Å². The lowest BCUT2D eigenvalue weighted by molar-refractivity contribution is 0.408. The van der Waals surface area contributed by atoms with E-state index in [2.05, 4.69) is 60.7 Å². The number of hydrogen-bond acceptors (Lipinski definition) is 6. The van der Waals surface area contributed by atoms with Crippen LogP contribution in [0, 0.1) is 12.8 Å². The summed E-state index contributed by atoms with van der Waals surface area (Å²) in [5, 5.41) is 1.12. The SMILES string of the molecule is Cc1cc2c(N(CCN(C)C)CC(C)C)nc(N)nc2s1. The van der Waals surface area contributed by atoms with Crippen LogP contribution in [-0.2, 0) is 0 Å². The van der Waals surface area contributed by atoms with E-state index in [0.717, 1.165) is 35.7 Å². The monoisotopic (exact) mass is 307 g/mol. The molecule has 5 nitrogen and oxygen atoms in total. The molecule has 0 aliphatic rings. The van der Waals surface area contributed by atoms with Crippen LogP contribution in [0.25, 0.3) is 10.2 Å². The summed E-state index contributed by atoms with van der Waals surface area (Å²) in [6, 6.07) is 2.16. The Morgan fingerprint density at radius 1 is 1.24 bits per heavy atom. The fourth-order valence-electron chi connectivity index (χ4n) is 2.33. The Labute approximate surface area is 130 Å². The highest BCUT2D eigenvalue weighted by molar-refractivity contribution is 7.18. The first-order chi connectivity index (χ1) is 9.86. The van der Waals surface area contributed by atoms with Gasteiger partial charge in [-0.15, -0.1) is 11.3 Å². The van der Waals surface area contributed by atoms with Crippen LogP contribution in [0.5, 0.6) is 0 Å². The summed E-state index contributed by atoms with van der Waals surface area (Å²) in [6.45, 7) is 9.44. The van der Waals surface area contributed by atoms with Gasteiger partial charge >= 0.3 is 0 Å². The molecule has 0 bridgehead atoms. The van der Waals surface area contributed by atoms with Gasteiger partial charge in [-0.05, 0) is 33.0 Å². The van der Waals surface area contributed by atoms with E-state index >= 15 is 0 Å². The first kappa shape index (κ1) is 16.0. The summed E-state index contributed by atoms with van der Waals surface area (Å²) < 4.78 is 0. The van der Waals surface area contributed by atoms with Gasteiger partial charge in [-0.2, -0.15) is 4.98 Å². The van der Waals surface area contributed by atoms with E-state index in [-0.39, 0.29) is 0 Å². The number of anilines is 2. The van der Waals surface area contributed by atoms with Crippen molar-refractivity contribution in [2.75, 3.05) is 44.4 Å². The second-order valence-electron chi connectivity index (χ2n) is 6.12. The fourth-order valence-corrected chi connectivity index (χ4v) is 3.21. The van der Waals surface area contributed by atoms with Crippen LogP contribution in [-0.4, -0.2) is 48.6 Å². The standard InChI is InChI=1S/C15H25N5S/c1-10(2)9-20(7-6-19(4)5)13-12-8-11(3)21-14(12)18-15(16)17-13/h8,10H,6-7,9H2,1-5H3,(H2,16,17,18). The zero-order chi connectivity index (χ0) is 15.6. The molecule has 0 atom stereocenters. The predicted octanol–water partition coefficient (Wildman–Crippen LogP) is 2.61. The quantitative estimate of drug-likeness (QED) is 0.889. The molecule has 0 saturated carbocycles. The highest BCUT2D eigenvalue weighted by Crippen LogP contribution is 2.31. The maximum atomic E-state index is 5.91. The van der Waals surface area contributed by atoms with Crippen molar-refractivity contribution in [3.05, 3.63) is 10.9 Å². The molecule has 0 aliphatic carbocycles. The van der Waals surface area contributed by atoms with Crippen molar-refractivity contribution in [2.24, 2.45) is 5.92 Å². The Morgan fingerprint density at radius 3 is 2.57 bits per heavy atom. The summed E-state index contributed by atoms with van der Waals surface area (Å²) in [5.41, 5.74) is 5.91. The minimum Gasteiger partial charge on any atom is -0.368 e. The van der Waals surface area contributed by atoms with E-state index in [1.165, 1.54) is 4.88 Å². The summed E-state index contributed by atoms with van der Waals surface area (Å²) >= 11 is 1.67. The van der Waals surface area contributed by atoms with E-state index in [4.69, 9.17) is 5.73 Å². The number of aryl methyl sites for hydroxylation is 1. The number of likely N-dealkylation sites (N-methyl/N-ethyl adjacent to an activating group) is 1. The molecule has 2 rings (SSSR count). The summed E-state index contributed by atoms with van der Waals surface area (Å²) in [7, 11) is 4.18. The lowest BCUT2D eigenvalue weighted by Crippen LogP contribution is -2.35. The number of nitrogens with two attached hydrogens (primary N) is 1. The summed E-state index contributed by atoms with van der Waals surface area (Å²) in [5.74, 6) is 1.90. The topological polar surface area (TPSA) is 58.3 Å². The largest absolute Gasteiger partial charge is 0.368 e. The van der Waals surface area contributed by atoms with Crippen molar-refractivity contribution in [3.8, 4) is 0 Å². The maximum Gasteiger partial charge on any atom is 0.223 e. The third-order valence-corrected chi connectivity index (χ3v) is 4.16. The molecule has 0 amide bonds. The van der Waals surface area contributed by atoms with Gasteiger partial charge in [0, 0.05) is 24.5 Å². The Kier molecular flexibility index (Phi) is 5.00. The highest BCUT2D eigenvalue weighted by Gasteiger charge is 2.17. The Hall–Kier alpha value is -1.40. The predicted molar refractivity (Wildman–Crippen MR) is 92.2 cm³/mol. The Morgan fingerprint density at radius 2 is 1.95 bits per heavy atom. The van der Waals surface area contributed by atoms with E-state index in [1.807, 2.05) is 0 Å². The lowest BCUT2D eigenvalue weighted by Gasteiger charge is -2.27. The normalized spacial score (nSPS) is 11.8. The second-order valence-corrected chi connectivity index (χ2v) is 7.36. The molecular weight excluding hydrogens is 282 g/mol. The van der Waals surface area contributed by atoms with E-state index in [9.17, 15) is 0 Å². The molecule has 0 radical (unpaired) electrons. The van der Waals surface area contributed by atoms with Crippen molar-refractivity contribution in [1.82, 2.24) is 14.9 Å². The number of rotatable bonds is 6. The molecule has 2 heterocycles. The summed E-state index contributed by atoms with van der Waals surface area (Å²) in [4.78, 5) is 15.6. The van der Waals surface area contributed by atoms with Gasteiger partial charge in [-0.25, -0.2) is 4.98 Å². The van der Waals surface area contributed by atoms with E-state index in [0.29, 0.717) is 11.9 Å². The van der Waals surface area contributed by atoms with Gasteiger partial charge < -0.3 is 15.5 Å². The van der Waals surface area contributed by atoms with Crippen LogP contribution < -0.4 is 10.6 Å². The molecule has 0 unspecified atom stereocenters. The number of nitrogen functional groups attached to an aromatic ring is 1. The summed E-state index contributed by atoms with van der Waals surface area (Å²) in [6.07, 6.45) is 0. The number of nitrogens with zero attached hydrogens (tertiary/aromatic N) is 4. The van der Waals surface area contributed by atoms with Crippen LogP contribution in [0.15, 0.2) is 6.07 Å². The van der Waals surface area contributed by atoms with Gasteiger partial charge in [0.05, 0.1) is 5.39 Å². The number of fused-ring (bicyclic) bond motifs is 1. The van der Waals surface area contributed by atoms with Gasteiger partial charge in [-0.3, -0.25) is 0 Å². The van der Waals surface area contributed by atoms with Gasteiger partial charge in [0.25, 0.3) is 0 Å². The van der Waals surface area contributed by atoms with Crippen molar-refractivity contribution < 1.29 is 0 Å². The maximum absolute atomic E-state index is 5.91. The number of hydrogen-bond donors (Lipinski definition) is 1. The van der Waals surface area contributed by atoms with E-state index in [1.54, 1.807) is 11.3 Å². The minimum atomic E-state index is 0.359. The van der Waals surface area contributed by atoms with Crippen LogP contribution in [0.1, 0.15) is 18.7 Å². The molecule has 21 heavy (non-hydrogen) atoms. The molecular formula is C15H25N5S. The lowest BCUT2D eigenvalue weighted by atomic mass is 10.2. The van der Waals surface area contributed by atoms with Crippen molar-refractivity contribution in [2.45, 2.75) is 20.8 Å². The molecule has 2 aromatic rings. The molecule has 0 saturated heterocycles. The average Bonchev–Trinajstić information content (AvgIpc) is 2.73.